The highest BCUT2D eigenvalue weighted by molar-refractivity contribution is 9.10. The number of hydrogen-bond acceptors (Lipinski definition) is 6. The lowest BCUT2D eigenvalue weighted by molar-refractivity contribution is -0.132. The third-order valence-electron chi connectivity index (χ3n) is 4.49. The van der Waals surface area contributed by atoms with Crippen molar-refractivity contribution in [3.63, 3.8) is 0 Å². The Morgan fingerprint density at radius 2 is 1.93 bits per heavy atom. The molecule has 1 aliphatic rings. The zero-order chi connectivity index (χ0) is 19.8. The van der Waals surface area contributed by atoms with E-state index in [0.29, 0.717) is 16.3 Å². The van der Waals surface area contributed by atoms with E-state index in [-0.39, 0.29) is 11.3 Å². The number of benzene rings is 2. The van der Waals surface area contributed by atoms with Crippen LogP contribution in [-0.2, 0) is 9.59 Å². The Hall–Kier alpha value is -2.84. The van der Waals surface area contributed by atoms with Gasteiger partial charge in [0.05, 0.1) is 11.6 Å². The molecule has 0 saturated carbocycles. The van der Waals surface area contributed by atoms with Crippen molar-refractivity contribution in [3.05, 3.63) is 80.8 Å². The third kappa shape index (κ3) is 3.14. The fourth-order valence-corrected chi connectivity index (χ4v) is 4.16. The molecule has 140 valence electrons. The summed E-state index contributed by atoms with van der Waals surface area (Å²) in [6.45, 7) is 1.93. The molecule has 4 rings (SSSR count). The molecule has 2 aromatic carbocycles. The Bertz CT molecular complexity index is 1090. The Balaban J connectivity index is 1.95. The van der Waals surface area contributed by atoms with E-state index in [2.05, 4.69) is 26.1 Å². The molecule has 1 saturated heterocycles. The number of aliphatic hydroxyl groups is 1. The van der Waals surface area contributed by atoms with Crippen molar-refractivity contribution in [1.82, 2.24) is 10.2 Å². The number of aromatic nitrogens is 2. The first-order valence-corrected chi connectivity index (χ1v) is 10.0. The van der Waals surface area contributed by atoms with Crippen LogP contribution < -0.4 is 4.90 Å². The summed E-state index contributed by atoms with van der Waals surface area (Å²) in [6, 6.07) is 13.6. The Morgan fingerprint density at radius 3 is 2.57 bits per heavy atom. The smallest absolute Gasteiger partial charge is 0.301 e. The minimum atomic E-state index is -0.799. The zero-order valence-corrected chi connectivity index (χ0v) is 17.1. The predicted molar refractivity (Wildman–Crippen MR) is 110 cm³/mol. The van der Waals surface area contributed by atoms with Crippen molar-refractivity contribution in [2.75, 3.05) is 4.90 Å². The summed E-state index contributed by atoms with van der Waals surface area (Å²) in [7, 11) is 0. The predicted octanol–water partition coefficient (Wildman–Crippen LogP) is 4.24. The maximum absolute atomic E-state index is 12.9. The summed E-state index contributed by atoms with van der Waals surface area (Å²) in [5.74, 6) is -1.70. The fourth-order valence-electron chi connectivity index (χ4n) is 3.16. The molecule has 0 radical (unpaired) electrons. The normalized spacial score (nSPS) is 18.6. The summed E-state index contributed by atoms with van der Waals surface area (Å²) in [6.07, 6.45) is 0. The standard InChI is InChI=1S/C20H14BrN3O3S/c1-11-5-7-12(8-6-11)17(25)15-16(13-3-2-4-14(21)9-13)24(19(27)18(15)26)20-23-22-10-28-20/h2-10,16,25H,1H3. The third-order valence-corrected chi connectivity index (χ3v) is 5.67. The van der Waals surface area contributed by atoms with Gasteiger partial charge in [0.25, 0.3) is 5.78 Å². The van der Waals surface area contributed by atoms with Gasteiger partial charge in [0.15, 0.2) is 0 Å². The summed E-state index contributed by atoms with van der Waals surface area (Å²) >= 11 is 4.58. The van der Waals surface area contributed by atoms with Crippen molar-refractivity contribution in [2.24, 2.45) is 0 Å². The lowest BCUT2D eigenvalue weighted by Crippen LogP contribution is -2.29. The van der Waals surface area contributed by atoms with Crippen LogP contribution in [0, 0.1) is 6.92 Å². The summed E-state index contributed by atoms with van der Waals surface area (Å²) in [5, 5.41) is 19.0. The number of anilines is 1. The monoisotopic (exact) mass is 455 g/mol. The minimum Gasteiger partial charge on any atom is -0.507 e. The molecule has 1 aromatic heterocycles. The number of nitrogens with zero attached hydrogens (tertiary/aromatic N) is 3. The number of Topliss-reactive ketones (excluding diaryl/α,β-unsaturated/α-hetero) is 1. The van der Waals surface area contributed by atoms with Gasteiger partial charge in [-0.1, -0.05) is 69.2 Å². The van der Waals surface area contributed by atoms with Crippen LogP contribution in [0.1, 0.15) is 22.7 Å². The number of carbonyl (C=O) groups excluding carboxylic acids is 2. The summed E-state index contributed by atoms with van der Waals surface area (Å²) in [4.78, 5) is 27.0. The van der Waals surface area contributed by atoms with Crippen LogP contribution in [0.15, 0.2) is 64.1 Å². The molecule has 0 bridgehead atoms. The highest BCUT2D eigenvalue weighted by atomic mass is 79.9. The van der Waals surface area contributed by atoms with Crippen LogP contribution in [0.2, 0.25) is 0 Å². The summed E-state index contributed by atoms with van der Waals surface area (Å²) in [5.41, 5.74) is 3.70. The number of halogens is 1. The Kier molecular flexibility index (Phi) is 4.82. The van der Waals surface area contributed by atoms with E-state index in [1.165, 1.54) is 10.4 Å². The molecule has 6 nitrogen and oxygen atoms in total. The highest BCUT2D eigenvalue weighted by Gasteiger charge is 2.48. The second-order valence-corrected chi connectivity index (χ2v) is 8.04. The Morgan fingerprint density at radius 1 is 1.18 bits per heavy atom. The van der Waals surface area contributed by atoms with Crippen LogP contribution in [0.25, 0.3) is 5.76 Å². The van der Waals surface area contributed by atoms with Gasteiger partial charge < -0.3 is 5.11 Å². The molecule has 28 heavy (non-hydrogen) atoms. The van der Waals surface area contributed by atoms with Crippen molar-refractivity contribution in [1.29, 1.82) is 0 Å². The van der Waals surface area contributed by atoms with Gasteiger partial charge in [0.1, 0.15) is 11.3 Å². The lowest BCUT2D eigenvalue weighted by atomic mass is 9.95. The molecule has 0 aliphatic carbocycles. The van der Waals surface area contributed by atoms with Gasteiger partial charge in [-0.25, -0.2) is 0 Å². The molecule has 0 spiro atoms. The number of ketones is 1. The van der Waals surface area contributed by atoms with Gasteiger partial charge in [-0.3, -0.25) is 14.5 Å². The largest absolute Gasteiger partial charge is 0.507 e. The molecular weight excluding hydrogens is 442 g/mol. The lowest BCUT2D eigenvalue weighted by Gasteiger charge is -2.22. The molecular formula is C20H14BrN3O3S. The molecule has 2 heterocycles. The maximum atomic E-state index is 12.9. The molecule has 1 fully saturated rings. The van der Waals surface area contributed by atoms with Crippen molar-refractivity contribution < 1.29 is 14.7 Å². The van der Waals surface area contributed by atoms with E-state index >= 15 is 0 Å². The van der Waals surface area contributed by atoms with Crippen molar-refractivity contribution in [3.8, 4) is 0 Å². The number of amides is 1. The quantitative estimate of drug-likeness (QED) is 0.362. The van der Waals surface area contributed by atoms with Gasteiger partial charge >= 0.3 is 5.91 Å². The van der Waals surface area contributed by atoms with Gasteiger partial charge in [-0.15, -0.1) is 10.2 Å². The average Bonchev–Trinajstić information content (AvgIpc) is 3.29. The zero-order valence-electron chi connectivity index (χ0n) is 14.7. The van der Waals surface area contributed by atoms with Gasteiger partial charge in [0.2, 0.25) is 5.13 Å². The molecule has 1 atom stereocenters. The molecule has 3 aromatic rings. The van der Waals surface area contributed by atoms with Crippen molar-refractivity contribution >= 4 is 49.8 Å². The van der Waals surface area contributed by atoms with E-state index in [1.54, 1.807) is 18.2 Å². The SMILES string of the molecule is Cc1ccc(C(O)=C2C(=O)C(=O)N(c3nncs3)C2c2cccc(Br)c2)cc1. The topological polar surface area (TPSA) is 83.4 Å². The highest BCUT2D eigenvalue weighted by Crippen LogP contribution is 2.42. The average molecular weight is 456 g/mol. The van der Waals surface area contributed by atoms with Crippen LogP contribution in [0.3, 0.4) is 0 Å². The number of aliphatic hydroxyl groups excluding tert-OH is 1. The maximum Gasteiger partial charge on any atom is 0.301 e. The van der Waals surface area contributed by atoms with Crippen LogP contribution in [-0.4, -0.2) is 27.0 Å². The minimum absolute atomic E-state index is 0.0298. The number of aryl methyl sites for hydroxylation is 1. The van der Waals surface area contributed by atoms with Crippen LogP contribution >= 0.6 is 27.3 Å². The molecule has 1 unspecified atom stereocenters. The van der Waals surface area contributed by atoms with E-state index < -0.39 is 17.7 Å². The van der Waals surface area contributed by atoms with Crippen molar-refractivity contribution in [2.45, 2.75) is 13.0 Å². The molecule has 1 N–H and O–H groups in total. The summed E-state index contributed by atoms with van der Waals surface area (Å²) < 4.78 is 0.795. The van der Waals surface area contributed by atoms with Gasteiger partial charge in [0, 0.05) is 10.0 Å². The number of hydrogen-bond donors (Lipinski definition) is 1. The molecule has 1 amide bonds. The number of rotatable bonds is 3. The first-order valence-electron chi connectivity index (χ1n) is 8.37. The Labute approximate surface area is 173 Å². The molecule has 1 aliphatic heterocycles. The van der Waals surface area contributed by atoms with E-state index in [1.807, 2.05) is 37.3 Å². The van der Waals surface area contributed by atoms with Gasteiger partial charge in [-0.05, 0) is 24.6 Å². The first-order chi connectivity index (χ1) is 13.5. The fraction of sp³-hybridized carbons (Fsp3) is 0.100. The second kappa shape index (κ2) is 7.29. The van der Waals surface area contributed by atoms with Crippen LogP contribution in [0.5, 0.6) is 0 Å². The van der Waals surface area contributed by atoms with Crippen LogP contribution in [0.4, 0.5) is 5.13 Å². The molecule has 8 heteroatoms. The van der Waals surface area contributed by atoms with Gasteiger partial charge in [-0.2, -0.15) is 0 Å². The van der Waals surface area contributed by atoms with E-state index in [0.717, 1.165) is 21.4 Å². The first kappa shape index (κ1) is 18.5. The second-order valence-electron chi connectivity index (χ2n) is 6.31. The van der Waals surface area contributed by atoms with E-state index in [9.17, 15) is 14.7 Å². The van der Waals surface area contributed by atoms with E-state index in [4.69, 9.17) is 0 Å². The number of carbonyl (C=O) groups is 2.